The molecular weight excluding hydrogens is 286 g/mol. The van der Waals surface area contributed by atoms with E-state index in [2.05, 4.69) is 43.3 Å². The second-order valence-corrected chi connectivity index (χ2v) is 8.44. The molecule has 1 unspecified atom stereocenters. The van der Waals surface area contributed by atoms with Crippen LogP contribution >= 0.6 is 22.7 Å². The van der Waals surface area contributed by atoms with Gasteiger partial charge in [-0.25, -0.2) is 4.98 Å². The summed E-state index contributed by atoms with van der Waals surface area (Å²) in [5.74, 6) is 0. The van der Waals surface area contributed by atoms with Crippen LogP contribution in [0.15, 0.2) is 17.5 Å². The van der Waals surface area contributed by atoms with Crippen molar-refractivity contribution in [2.24, 2.45) is 11.1 Å². The summed E-state index contributed by atoms with van der Waals surface area (Å²) in [7, 11) is 2.11. The number of hydrogen-bond donors (Lipinski definition) is 1. The number of thiophene rings is 1. The standard InChI is InChI=1S/C15H21N3S2/c1-15(2)7-11(16)13-12(8-15)17-14(20-13)18(3)9-10-5-4-6-19-10/h4-6,11H,7-9,16H2,1-3H3. The lowest BCUT2D eigenvalue weighted by Crippen LogP contribution is -2.28. The third kappa shape index (κ3) is 2.75. The van der Waals surface area contributed by atoms with E-state index in [1.54, 1.807) is 22.7 Å². The van der Waals surface area contributed by atoms with Crippen LogP contribution < -0.4 is 10.6 Å². The first-order valence-electron chi connectivity index (χ1n) is 6.93. The van der Waals surface area contributed by atoms with E-state index in [1.807, 2.05) is 0 Å². The first kappa shape index (κ1) is 14.0. The van der Waals surface area contributed by atoms with Gasteiger partial charge in [-0.3, -0.25) is 0 Å². The maximum Gasteiger partial charge on any atom is 0.185 e. The predicted octanol–water partition coefficient (Wildman–Crippen LogP) is 3.81. The molecule has 1 aliphatic carbocycles. The highest BCUT2D eigenvalue weighted by molar-refractivity contribution is 7.15. The molecule has 0 amide bonds. The van der Waals surface area contributed by atoms with Crippen molar-refractivity contribution in [2.45, 2.75) is 39.3 Å². The SMILES string of the molecule is CN(Cc1cccs1)c1nc2c(s1)C(N)CC(C)(C)C2. The quantitative estimate of drug-likeness (QED) is 0.937. The summed E-state index contributed by atoms with van der Waals surface area (Å²) in [6, 6.07) is 4.41. The Kier molecular flexibility index (Phi) is 3.60. The molecule has 20 heavy (non-hydrogen) atoms. The average Bonchev–Trinajstić information content (AvgIpc) is 2.96. The maximum absolute atomic E-state index is 6.33. The summed E-state index contributed by atoms with van der Waals surface area (Å²) >= 11 is 3.56. The molecule has 2 heterocycles. The van der Waals surface area contributed by atoms with Gasteiger partial charge in [0, 0.05) is 22.8 Å². The van der Waals surface area contributed by atoms with E-state index >= 15 is 0 Å². The van der Waals surface area contributed by atoms with Crippen molar-refractivity contribution in [3.63, 3.8) is 0 Å². The van der Waals surface area contributed by atoms with Crippen molar-refractivity contribution in [3.05, 3.63) is 33.0 Å². The minimum atomic E-state index is 0.148. The van der Waals surface area contributed by atoms with E-state index in [9.17, 15) is 0 Å². The Bertz CT molecular complexity index is 586. The van der Waals surface area contributed by atoms with Gasteiger partial charge in [0.05, 0.1) is 12.2 Å². The van der Waals surface area contributed by atoms with Crippen LogP contribution in [0, 0.1) is 5.41 Å². The van der Waals surface area contributed by atoms with Gasteiger partial charge in [-0.05, 0) is 29.7 Å². The summed E-state index contributed by atoms with van der Waals surface area (Å²) in [6.07, 6.45) is 2.09. The van der Waals surface area contributed by atoms with E-state index in [0.29, 0.717) is 0 Å². The van der Waals surface area contributed by atoms with Gasteiger partial charge in [-0.15, -0.1) is 11.3 Å². The first-order chi connectivity index (χ1) is 9.44. The van der Waals surface area contributed by atoms with Crippen LogP contribution in [0.4, 0.5) is 5.13 Å². The van der Waals surface area contributed by atoms with Crippen LogP contribution in [0.2, 0.25) is 0 Å². The summed E-state index contributed by atoms with van der Waals surface area (Å²) in [5.41, 5.74) is 7.81. The molecule has 2 N–H and O–H groups in total. The van der Waals surface area contributed by atoms with Gasteiger partial charge in [0.2, 0.25) is 0 Å². The van der Waals surface area contributed by atoms with Crippen LogP contribution in [0.1, 0.15) is 41.8 Å². The molecule has 2 aromatic rings. The lowest BCUT2D eigenvalue weighted by molar-refractivity contribution is 0.282. The van der Waals surface area contributed by atoms with Gasteiger partial charge in [0.1, 0.15) is 0 Å². The van der Waals surface area contributed by atoms with Gasteiger partial charge in [0.25, 0.3) is 0 Å². The van der Waals surface area contributed by atoms with Crippen molar-refractivity contribution in [1.82, 2.24) is 4.98 Å². The number of thiazole rings is 1. The molecule has 0 aromatic carbocycles. The molecule has 0 radical (unpaired) electrons. The van der Waals surface area contributed by atoms with Gasteiger partial charge in [0.15, 0.2) is 5.13 Å². The highest BCUT2D eigenvalue weighted by Crippen LogP contribution is 2.43. The monoisotopic (exact) mass is 307 g/mol. The third-order valence-electron chi connectivity index (χ3n) is 3.77. The van der Waals surface area contributed by atoms with Crippen molar-refractivity contribution >= 4 is 27.8 Å². The highest BCUT2D eigenvalue weighted by Gasteiger charge is 2.33. The molecule has 1 atom stereocenters. The second-order valence-electron chi connectivity index (χ2n) is 6.39. The zero-order valence-corrected chi connectivity index (χ0v) is 13.9. The fourth-order valence-corrected chi connectivity index (χ4v) is 4.65. The van der Waals surface area contributed by atoms with Crippen LogP contribution in [0.3, 0.4) is 0 Å². The van der Waals surface area contributed by atoms with E-state index in [0.717, 1.165) is 24.5 Å². The normalized spacial score (nSPS) is 20.7. The number of aromatic nitrogens is 1. The van der Waals surface area contributed by atoms with Crippen LogP contribution in [0.25, 0.3) is 0 Å². The molecule has 0 fully saturated rings. The lowest BCUT2D eigenvalue weighted by Gasteiger charge is -2.32. The van der Waals surface area contributed by atoms with Crippen molar-refractivity contribution in [1.29, 1.82) is 0 Å². The van der Waals surface area contributed by atoms with Gasteiger partial charge >= 0.3 is 0 Å². The number of fused-ring (bicyclic) bond motifs is 1. The first-order valence-corrected chi connectivity index (χ1v) is 8.63. The number of rotatable bonds is 3. The molecule has 0 bridgehead atoms. The summed E-state index contributed by atoms with van der Waals surface area (Å²) in [6.45, 7) is 5.48. The Labute approximate surface area is 128 Å². The highest BCUT2D eigenvalue weighted by atomic mass is 32.1. The summed E-state index contributed by atoms with van der Waals surface area (Å²) in [5, 5.41) is 3.21. The topological polar surface area (TPSA) is 42.2 Å². The number of hydrogen-bond acceptors (Lipinski definition) is 5. The fraction of sp³-hybridized carbons (Fsp3) is 0.533. The van der Waals surface area contributed by atoms with Crippen molar-refractivity contribution in [3.8, 4) is 0 Å². The van der Waals surface area contributed by atoms with Crippen molar-refractivity contribution < 1.29 is 0 Å². The van der Waals surface area contributed by atoms with E-state index in [1.165, 1.54) is 15.4 Å². The molecular formula is C15H21N3S2. The predicted molar refractivity (Wildman–Crippen MR) is 87.6 cm³/mol. The molecule has 0 saturated heterocycles. The van der Waals surface area contributed by atoms with Crippen LogP contribution in [-0.4, -0.2) is 12.0 Å². The molecule has 2 aromatic heterocycles. The van der Waals surface area contributed by atoms with E-state index < -0.39 is 0 Å². The van der Waals surface area contributed by atoms with Crippen LogP contribution in [0.5, 0.6) is 0 Å². The number of anilines is 1. The van der Waals surface area contributed by atoms with Crippen molar-refractivity contribution in [2.75, 3.05) is 11.9 Å². The lowest BCUT2D eigenvalue weighted by atomic mass is 9.77. The Morgan fingerprint density at radius 1 is 1.50 bits per heavy atom. The fourth-order valence-electron chi connectivity index (χ4n) is 2.85. The minimum absolute atomic E-state index is 0.148. The largest absolute Gasteiger partial charge is 0.346 e. The van der Waals surface area contributed by atoms with E-state index in [-0.39, 0.29) is 11.5 Å². The third-order valence-corrected chi connectivity index (χ3v) is 5.98. The Morgan fingerprint density at radius 2 is 2.30 bits per heavy atom. The minimum Gasteiger partial charge on any atom is -0.346 e. The Morgan fingerprint density at radius 3 is 3.00 bits per heavy atom. The molecule has 0 spiro atoms. The molecule has 5 heteroatoms. The zero-order chi connectivity index (χ0) is 14.3. The maximum atomic E-state index is 6.33. The summed E-state index contributed by atoms with van der Waals surface area (Å²) < 4.78 is 0. The molecule has 0 saturated carbocycles. The average molecular weight is 307 g/mol. The second kappa shape index (κ2) is 5.13. The van der Waals surface area contributed by atoms with E-state index in [4.69, 9.17) is 10.7 Å². The van der Waals surface area contributed by atoms with Gasteiger partial charge in [-0.1, -0.05) is 31.3 Å². The Hall–Kier alpha value is -0.910. The summed E-state index contributed by atoms with van der Waals surface area (Å²) in [4.78, 5) is 9.73. The molecule has 1 aliphatic rings. The Balaban J connectivity index is 1.82. The smallest absolute Gasteiger partial charge is 0.185 e. The number of nitrogens with zero attached hydrogens (tertiary/aromatic N) is 2. The number of nitrogens with two attached hydrogens (primary N) is 1. The molecule has 108 valence electrons. The van der Waals surface area contributed by atoms with Gasteiger partial charge in [-0.2, -0.15) is 0 Å². The van der Waals surface area contributed by atoms with Gasteiger partial charge < -0.3 is 10.6 Å². The molecule has 0 aliphatic heterocycles. The van der Waals surface area contributed by atoms with Crippen LogP contribution in [-0.2, 0) is 13.0 Å². The molecule has 3 rings (SSSR count). The molecule has 3 nitrogen and oxygen atoms in total. The zero-order valence-electron chi connectivity index (χ0n) is 12.2.